The number of carboxylic acids is 1. The Labute approximate surface area is 137 Å². The van der Waals surface area contributed by atoms with Crippen LogP contribution in [-0.4, -0.2) is 5.97 Å². The first-order valence-electron chi connectivity index (χ1n) is 9.32. The molecule has 0 saturated heterocycles. The van der Waals surface area contributed by atoms with Crippen LogP contribution in [0.1, 0.15) is 103 Å². The maximum absolute atomic E-state index is 10.6. The molecule has 0 aliphatic heterocycles. The van der Waals surface area contributed by atoms with E-state index >= 15 is 0 Å². The van der Waals surface area contributed by atoms with Crippen molar-refractivity contribution in [2.75, 3.05) is 0 Å². The molecule has 128 valence electrons. The summed E-state index contributed by atoms with van der Waals surface area (Å²) < 4.78 is 0. The van der Waals surface area contributed by atoms with Crippen molar-refractivity contribution in [2.24, 2.45) is 5.92 Å². The monoisotopic (exact) mass is 308 g/mol. The zero-order valence-corrected chi connectivity index (χ0v) is 14.4. The molecule has 0 aliphatic carbocycles. The first kappa shape index (κ1) is 21.0. The molecule has 1 unspecified atom stereocenters. The predicted molar refractivity (Wildman–Crippen MR) is 89.0 cm³/mol. The summed E-state index contributed by atoms with van der Waals surface area (Å²) >= 11 is 0. The molecule has 0 aliphatic rings. The zero-order chi connectivity index (χ0) is 16.5. The van der Waals surface area contributed by atoms with E-state index in [0.29, 0.717) is 6.42 Å². The standard InChI is InChI=1S/C19H35NO2/c1-2-3-4-5-6-7-8-9-10-11-12-13-14-15-16-18(17-20)19(21)22/h18H,2-16H2,1H3,(H,21,22)/p-1. The van der Waals surface area contributed by atoms with E-state index in [-0.39, 0.29) is 0 Å². The Morgan fingerprint density at radius 3 is 1.50 bits per heavy atom. The maximum atomic E-state index is 10.6. The highest BCUT2D eigenvalue weighted by Crippen LogP contribution is 2.14. The predicted octanol–water partition coefficient (Wildman–Crippen LogP) is 4.75. The van der Waals surface area contributed by atoms with E-state index in [0.717, 1.165) is 19.3 Å². The largest absolute Gasteiger partial charge is 0.549 e. The first-order valence-corrected chi connectivity index (χ1v) is 9.32. The Kier molecular flexibility index (Phi) is 15.6. The van der Waals surface area contributed by atoms with Crippen LogP contribution < -0.4 is 5.11 Å². The summed E-state index contributed by atoms with van der Waals surface area (Å²) in [5.74, 6) is -2.14. The van der Waals surface area contributed by atoms with Crippen molar-refractivity contribution >= 4 is 5.97 Å². The number of unbranched alkanes of at least 4 members (excludes halogenated alkanes) is 13. The average Bonchev–Trinajstić information content (AvgIpc) is 2.51. The number of hydrogen-bond donors (Lipinski definition) is 0. The summed E-state index contributed by atoms with van der Waals surface area (Å²) in [6.45, 7) is 2.26. The molecule has 0 rings (SSSR count). The van der Waals surface area contributed by atoms with Crippen molar-refractivity contribution in [3.05, 3.63) is 0 Å². The summed E-state index contributed by atoms with van der Waals surface area (Å²) in [4.78, 5) is 10.6. The van der Waals surface area contributed by atoms with Gasteiger partial charge in [0.05, 0.1) is 18.0 Å². The lowest BCUT2D eigenvalue weighted by molar-refractivity contribution is -0.309. The Morgan fingerprint density at radius 1 is 0.818 bits per heavy atom. The van der Waals surface area contributed by atoms with Crippen LogP contribution in [0, 0.1) is 17.2 Å². The van der Waals surface area contributed by atoms with Gasteiger partial charge in [0.25, 0.3) is 0 Å². The minimum absolute atomic E-state index is 0.441. The van der Waals surface area contributed by atoms with Crippen LogP contribution in [0.4, 0.5) is 0 Å². The van der Waals surface area contributed by atoms with E-state index < -0.39 is 11.9 Å². The van der Waals surface area contributed by atoms with Gasteiger partial charge in [-0.3, -0.25) is 0 Å². The molecule has 3 heteroatoms. The summed E-state index contributed by atoms with van der Waals surface area (Å²) in [7, 11) is 0. The number of carboxylic acid groups (broad SMARTS) is 1. The second kappa shape index (κ2) is 16.3. The van der Waals surface area contributed by atoms with Crippen LogP contribution in [-0.2, 0) is 4.79 Å². The molecule has 0 heterocycles. The number of hydrogen-bond acceptors (Lipinski definition) is 3. The summed E-state index contributed by atoms with van der Waals surface area (Å²) in [6, 6.07) is 1.79. The van der Waals surface area contributed by atoms with Crippen molar-refractivity contribution < 1.29 is 9.90 Å². The molecule has 0 aromatic carbocycles. The Hall–Kier alpha value is -1.04. The topological polar surface area (TPSA) is 63.9 Å². The molecule has 0 aromatic rings. The molecule has 1 atom stereocenters. The Balaban J connectivity index is 3.15. The summed E-state index contributed by atoms with van der Waals surface area (Å²) in [5.41, 5.74) is 0. The molecule has 3 nitrogen and oxygen atoms in total. The van der Waals surface area contributed by atoms with Gasteiger partial charge in [0.2, 0.25) is 0 Å². The van der Waals surface area contributed by atoms with Crippen molar-refractivity contribution in [1.29, 1.82) is 5.26 Å². The van der Waals surface area contributed by atoms with E-state index in [9.17, 15) is 9.90 Å². The van der Waals surface area contributed by atoms with Gasteiger partial charge in [-0.05, 0) is 6.42 Å². The van der Waals surface area contributed by atoms with Gasteiger partial charge in [0.1, 0.15) is 0 Å². The highest BCUT2D eigenvalue weighted by Gasteiger charge is 2.07. The van der Waals surface area contributed by atoms with Gasteiger partial charge in [0.15, 0.2) is 0 Å². The van der Waals surface area contributed by atoms with Crippen LogP contribution >= 0.6 is 0 Å². The van der Waals surface area contributed by atoms with Crippen molar-refractivity contribution in [2.45, 2.75) is 103 Å². The lowest BCUT2D eigenvalue weighted by Gasteiger charge is -2.09. The smallest absolute Gasteiger partial charge is 0.0858 e. The summed E-state index contributed by atoms with van der Waals surface area (Å²) in [5, 5.41) is 19.2. The summed E-state index contributed by atoms with van der Waals surface area (Å²) in [6.07, 6.45) is 18.3. The number of rotatable bonds is 16. The molecule has 0 amide bonds. The maximum Gasteiger partial charge on any atom is 0.0858 e. The van der Waals surface area contributed by atoms with Crippen LogP contribution in [0.3, 0.4) is 0 Å². The second-order valence-electron chi connectivity index (χ2n) is 6.39. The SMILES string of the molecule is CCCCCCCCCCCCCCCCC(C#N)C(=O)[O-]. The quantitative estimate of drug-likeness (QED) is 0.387. The lowest BCUT2D eigenvalue weighted by Crippen LogP contribution is -2.30. The van der Waals surface area contributed by atoms with Gasteiger partial charge in [-0.2, -0.15) is 5.26 Å². The molecule has 0 bridgehead atoms. The number of nitriles is 1. The number of nitrogens with zero attached hydrogens (tertiary/aromatic N) is 1. The first-order chi connectivity index (χ1) is 10.7. The van der Waals surface area contributed by atoms with Gasteiger partial charge in [-0.25, -0.2) is 0 Å². The third-order valence-corrected chi connectivity index (χ3v) is 4.29. The molecule has 0 saturated carbocycles. The highest BCUT2D eigenvalue weighted by atomic mass is 16.4. The molecule has 0 aromatic heterocycles. The fraction of sp³-hybridized carbons (Fsp3) is 0.895. The third kappa shape index (κ3) is 13.9. The fourth-order valence-corrected chi connectivity index (χ4v) is 2.78. The van der Waals surface area contributed by atoms with Gasteiger partial charge in [0, 0.05) is 0 Å². The fourth-order valence-electron chi connectivity index (χ4n) is 2.78. The molecular weight excluding hydrogens is 274 g/mol. The molecule has 0 N–H and O–H groups in total. The van der Waals surface area contributed by atoms with Crippen LogP contribution in [0.25, 0.3) is 0 Å². The van der Waals surface area contributed by atoms with Crippen molar-refractivity contribution in [3.8, 4) is 6.07 Å². The van der Waals surface area contributed by atoms with Crippen LogP contribution in [0.2, 0.25) is 0 Å². The van der Waals surface area contributed by atoms with Crippen LogP contribution in [0.5, 0.6) is 0 Å². The minimum atomic E-state index is -1.22. The minimum Gasteiger partial charge on any atom is -0.549 e. The van der Waals surface area contributed by atoms with E-state index in [1.54, 1.807) is 6.07 Å². The Morgan fingerprint density at radius 2 is 1.18 bits per heavy atom. The zero-order valence-electron chi connectivity index (χ0n) is 14.4. The van der Waals surface area contributed by atoms with Gasteiger partial charge < -0.3 is 9.90 Å². The number of carbonyl (C=O) groups excluding carboxylic acids is 1. The van der Waals surface area contributed by atoms with E-state index in [1.807, 2.05) is 0 Å². The van der Waals surface area contributed by atoms with Crippen molar-refractivity contribution in [1.82, 2.24) is 0 Å². The normalized spacial score (nSPS) is 12.0. The highest BCUT2D eigenvalue weighted by molar-refractivity contribution is 5.70. The van der Waals surface area contributed by atoms with E-state index in [2.05, 4.69) is 6.92 Å². The molecular formula is C19H34NO2-. The number of carbonyl (C=O) groups is 1. The molecule has 0 fully saturated rings. The Bertz CT molecular complexity index is 296. The van der Waals surface area contributed by atoms with Crippen LogP contribution in [0.15, 0.2) is 0 Å². The molecule has 22 heavy (non-hydrogen) atoms. The van der Waals surface area contributed by atoms with E-state index in [4.69, 9.17) is 5.26 Å². The lowest BCUT2D eigenvalue weighted by atomic mass is 10.0. The molecule has 0 spiro atoms. The van der Waals surface area contributed by atoms with Crippen molar-refractivity contribution in [3.63, 3.8) is 0 Å². The number of aliphatic carboxylic acids is 1. The van der Waals surface area contributed by atoms with Gasteiger partial charge in [-0.1, -0.05) is 96.8 Å². The molecule has 0 radical (unpaired) electrons. The van der Waals surface area contributed by atoms with Gasteiger partial charge in [-0.15, -0.1) is 0 Å². The van der Waals surface area contributed by atoms with Gasteiger partial charge >= 0.3 is 0 Å². The average molecular weight is 308 g/mol. The second-order valence-corrected chi connectivity index (χ2v) is 6.39. The van der Waals surface area contributed by atoms with E-state index in [1.165, 1.54) is 70.6 Å². The third-order valence-electron chi connectivity index (χ3n) is 4.29.